The predicted octanol–water partition coefficient (Wildman–Crippen LogP) is 1.49. The Balaban J connectivity index is 1.72. The molecule has 0 atom stereocenters. The van der Waals surface area contributed by atoms with Crippen molar-refractivity contribution in [1.82, 2.24) is 20.3 Å². The third-order valence-electron chi connectivity index (χ3n) is 3.46. The van der Waals surface area contributed by atoms with Crippen LogP contribution in [0.5, 0.6) is 5.75 Å². The molecule has 5 N–H and O–H groups in total. The van der Waals surface area contributed by atoms with Crippen LogP contribution in [-0.2, 0) is 13.1 Å². The van der Waals surface area contributed by atoms with Gasteiger partial charge in [0.15, 0.2) is 5.82 Å². The topological polar surface area (TPSA) is 112 Å². The van der Waals surface area contributed by atoms with Crippen LogP contribution in [0.25, 0.3) is 11.0 Å². The van der Waals surface area contributed by atoms with E-state index in [1.807, 2.05) is 36.4 Å². The molecule has 1 aromatic carbocycles. The highest BCUT2D eigenvalue weighted by atomic mass is 16.5. The van der Waals surface area contributed by atoms with Gasteiger partial charge in [0.2, 0.25) is 5.95 Å². The van der Waals surface area contributed by atoms with Gasteiger partial charge in [0.1, 0.15) is 11.3 Å². The van der Waals surface area contributed by atoms with Gasteiger partial charge < -0.3 is 21.5 Å². The van der Waals surface area contributed by atoms with Crippen molar-refractivity contribution >= 4 is 22.8 Å². The fourth-order valence-corrected chi connectivity index (χ4v) is 2.37. The van der Waals surface area contributed by atoms with Crippen molar-refractivity contribution in [3.63, 3.8) is 0 Å². The first-order valence-electron chi connectivity index (χ1n) is 7.18. The molecular weight excluding hydrogens is 292 g/mol. The molecule has 7 nitrogen and oxygen atoms in total. The molecule has 0 spiro atoms. The number of nitrogen functional groups attached to an aromatic ring is 2. The maximum absolute atomic E-state index is 5.85. The number of para-hydroxylation sites is 1. The summed E-state index contributed by atoms with van der Waals surface area (Å²) >= 11 is 0. The lowest BCUT2D eigenvalue weighted by Gasteiger charge is -2.09. The summed E-state index contributed by atoms with van der Waals surface area (Å²) in [6.45, 7) is 1.27. The van der Waals surface area contributed by atoms with Crippen LogP contribution in [0.2, 0.25) is 0 Å². The van der Waals surface area contributed by atoms with Crippen molar-refractivity contribution in [3.05, 3.63) is 47.7 Å². The molecule has 3 rings (SSSR count). The number of nitrogens with zero attached hydrogens (tertiary/aromatic N) is 3. The van der Waals surface area contributed by atoms with Gasteiger partial charge in [-0.15, -0.1) is 0 Å². The molecule has 0 aliphatic carbocycles. The van der Waals surface area contributed by atoms with Crippen molar-refractivity contribution in [2.45, 2.75) is 13.1 Å². The molecule has 0 saturated heterocycles. The smallest absolute Gasteiger partial charge is 0.222 e. The lowest BCUT2D eigenvalue weighted by atomic mass is 10.2. The Kier molecular flexibility index (Phi) is 4.20. The van der Waals surface area contributed by atoms with Crippen LogP contribution in [0.15, 0.2) is 36.4 Å². The van der Waals surface area contributed by atoms with Crippen LogP contribution in [0.1, 0.15) is 11.3 Å². The second-order valence-corrected chi connectivity index (χ2v) is 5.05. The summed E-state index contributed by atoms with van der Waals surface area (Å²) in [6.07, 6.45) is 0. The van der Waals surface area contributed by atoms with E-state index in [1.165, 1.54) is 0 Å². The van der Waals surface area contributed by atoms with Crippen LogP contribution in [0.4, 0.5) is 11.8 Å². The molecule has 3 aromatic rings. The monoisotopic (exact) mass is 310 g/mol. The first-order valence-corrected chi connectivity index (χ1v) is 7.18. The molecule has 0 fully saturated rings. The lowest BCUT2D eigenvalue weighted by molar-refractivity contribution is 0.407. The van der Waals surface area contributed by atoms with E-state index in [9.17, 15) is 0 Å². The van der Waals surface area contributed by atoms with Crippen LogP contribution >= 0.6 is 0 Å². The van der Waals surface area contributed by atoms with E-state index < -0.39 is 0 Å². The summed E-state index contributed by atoms with van der Waals surface area (Å²) in [5, 5.41) is 3.34. The van der Waals surface area contributed by atoms with Crippen LogP contribution < -0.4 is 21.5 Å². The number of aromatic nitrogens is 3. The normalized spacial score (nSPS) is 10.8. The summed E-state index contributed by atoms with van der Waals surface area (Å²) in [6, 6.07) is 11.6. The predicted molar refractivity (Wildman–Crippen MR) is 89.7 cm³/mol. The van der Waals surface area contributed by atoms with Crippen molar-refractivity contribution in [2.24, 2.45) is 0 Å². The number of hydrogen-bond donors (Lipinski definition) is 3. The minimum atomic E-state index is 0.152. The van der Waals surface area contributed by atoms with Crippen molar-refractivity contribution in [2.75, 3.05) is 18.6 Å². The number of fused-ring (bicyclic) bond motifs is 1. The largest absolute Gasteiger partial charge is 0.496 e. The van der Waals surface area contributed by atoms with Gasteiger partial charge in [0.05, 0.1) is 18.3 Å². The Morgan fingerprint density at radius 1 is 1.00 bits per heavy atom. The summed E-state index contributed by atoms with van der Waals surface area (Å²) < 4.78 is 5.33. The van der Waals surface area contributed by atoms with E-state index in [4.69, 9.17) is 16.2 Å². The molecule has 0 saturated carbocycles. The van der Waals surface area contributed by atoms with Crippen molar-refractivity contribution in [1.29, 1.82) is 0 Å². The van der Waals surface area contributed by atoms with E-state index in [-0.39, 0.29) is 5.95 Å². The number of hydrogen-bond acceptors (Lipinski definition) is 7. The van der Waals surface area contributed by atoms with Gasteiger partial charge >= 0.3 is 0 Å². The van der Waals surface area contributed by atoms with Gasteiger partial charge in [-0.2, -0.15) is 4.98 Å². The van der Waals surface area contributed by atoms with Crippen LogP contribution in [-0.4, -0.2) is 22.1 Å². The highest BCUT2D eigenvalue weighted by molar-refractivity contribution is 5.84. The fourth-order valence-electron chi connectivity index (χ4n) is 2.37. The van der Waals surface area contributed by atoms with E-state index in [0.717, 1.165) is 17.0 Å². The number of nitrogens with two attached hydrogens (primary N) is 2. The minimum absolute atomic E-state index is 0.152. The summed E-state index contributed by atoms with van der Waals surface area (Å²) in [7, 11) is 1.66. The zero-order chi connectivity index (χ0) is 16.2. The van der Waals surface area contributed by atoms with Gasteiger partial charge in [-0.05, 0) is 18.2 Å². The molecule has 2 aromatic heterocycles. The quantitative estimate of drug-likeness (QED) is 0.654. The molecular formula is C16H18N6O. The van der Waals surface area contributed by atoms with Gasteiger partial charge in [-0.3, -0.25) is 0 Å². The second-order valence-electron chi connectivity index (χ2n) is 5.05. The lowest BCUT2D eigenvalue weighted by Crippen LogP contribution is -2.14. The minimum Gasteiger partial charge on any atom is -0.496 e. The molecule has 0 aliphatic heterocycles. The highest BCUT2D eigenvalue weighted by Crippen LogP contribution is 2.18. The SMILES string of the molecule is COc1ccccc1CNCc1ccc2nc(N)nc(N)c2n1. The molecule has 0 aliphatic rings. The summed E-state index contributed by atoms with van der Waals surface area (Å²) in [5.41, 5.74) is 14.6. The van der Waals surface area contributed by atoms with E-state index in [1.54, 1.807) is 7.11 Å². The third kappa shape index (κ3) is 3.29. The van der Waals surface area contributed by atoms with Gasteiger partial charge in [0, 0.05) is 18.7 Å². The van der Waals surface area contributed by atoms with E-state index in [0.29, 0.717) is 29.9 Å². The molecule has 2 heterocycles. The third-order valence-corrected chi connectivity index (χ3v) is 3.46. The first kappa shape index (κ1) is 15.0. The van der Waals surface area contributed by atoms with Gasteiger partial charge in [-0.1, -0.05) is 18.2 Å². The molecule has 0 unspecified atom stereocenters. The van der Waals surface area contributed by atoms with Crippen LogP contribution in [0, 0.1) is 0 Å². The van der Waals surface area contributed by atoms with Crippen molar-refractivity contribution in [3.8, 4) is 5.75 Å². The molecule has 0 radical (unpaired) electrons. The maximum atomic E-state index is 5.85. The number of nitrogens with one attached hydrogen (secondary N) is 1. The highest BCUT2D eigenvalue weighted by Gasteiger charge is 2.06. The summed E-state index contributed by atoms with van der Waals surface area (Å²) in [4.78, 5) is 12.5. The molecule has 7 heteroatoms. The van der Waals surface area contributed by atoms with Gasteiger partial charge in [0.25, 0.3) is 0 Å². The molecule has 118 valence electrons. The Morgan fingerprint density at radius 3 is 2.65 bits per heavy atom. The average Bonchev–Trinajstić information content (AvgIpc) is 2.55. The number of anilines is 2. The molecule has 0 bridgehead atoms. The fraction of sp³-hybridized carbons (Fsp3) is 0.188. The average molecular weight is 310 g/mol. The van der Waals surface area contributed by atoms with Gasteiger partial charge in [-0.25, -0.2) is 9.97 Å². The number of ether oxygens (including phenoxy) is 1. The zero-order valence-electron chi connectivity index (χ0n) is 12.8. The molecule has 23 heavy (non-hydrogen) atoms. The Morgan fingerprint density at radius 2 is 1.83 bits per heavy atom. The number of benzene rings is 1. The number of rotatable bonds is 5. The van der Waals surface area contributed by atoms with Crippen LogP contribution in [0.3, 0.4) is 0 Å². The Hall–Kier alpha value is -2.93. The van der Waals surface area contributed by atoms with E-state index >= 15 is 0 Å². The number of pyridine rings is 1. The number of methoxy groups -OCH3 is 1. The first-order chi connectivity index (χ1) is 11.2. The maximum Gasteiger partial charge on any atom is 0.222 e. The molecule has 0 amide bonds. The zero-order valence-corrected chi connectivity index (χ0v) is 12.8. The van der Waals surface area contributed by atoms with E-state index in [2.05, 4.69) is 20.3 Å². The standard InChI is InChI=1S/C16H18N6O/c1-23-13-5-3-2-4-10(13)8-19-9-11-6-7-12-14(20-11)15(17)22-16(18)21-12/h2-7,19H,8-9H2,1H3,(H4,17,18,21,22). The Labute approximate surface area is 133 Å². The Bertz CT molecular complexity index is 836. The second kappa shape index (κ2) is 6.45. The summed E-state index contributed by atoms with van der Waals surface area (Å²) in [5.74, 6) is 1.30. The van der Waals surface area contributed by atoms with Crippen molar-refractivity contribution < 1.29 is 4.74 Å².